The van der Waals surface area contributed by atoms with E-state index in [1.807, 2.05) is 30.1 Å². The molecule has 0 bridgehead atoms. The molecule has 0 radical (unpaired) electrons. The Morgan fingerprint density at radius 1 is 1.10 bits per heavy atom. The first-order chi connectivity index (χ1) is 13.7. The van der Waals surface area contributed by atoms with Crippen LogP contribution in [0.5, 0.6) is 0 Å². The number of thioether (sulfide) groups is 1. The normalized spacial score (nSPS) is 14.3. The van der Waals surface area contributed by atoms with E-state index in [-0.39, 0.29) is 24.0 Å². The summed E-state index contributed by atoms with van der Waals surface area (Å²) in [5, 5.41) is 7.21. The van der Waals surface area contributed by atoms with Crippen LogP contribution in [0.3, 0.4) is 0 Å². The zero-order valence-corrected chi connectivity index (χ0v) is 20.6. The van der Waals surface area contributed by atoms with Gasteiger partial charge in [-0.15, -0.1) is 24.0 Å². The lowest BCUT2D eigenvalue weighted by molar-refractivity contribution is 0.798. The van der Waals surface area contributed by atoms with E-state index in [0.29, 0.717) is 11.7 Å². The number of aliphatic imine (C=N–C) groups is 1. The van der Waals surface area contributed by atoms with E-state index in [4.69, 9.17) is 16.6 Å². The van der Waals surface area contributed by atoms with Crippen LogP contribution in [0.4, 0.5) is 5.69 Å². The predicted octanol–water partition coefficient (Wildman–Crippen LogP) is 4.20. The Morgan fingerprint density at radius 2 is 1.83 bits per heavy atom. The predicted molar refractivity (Wildman–Crippen MR) is 137 cm³/mol. The Balaban J connectivity index is 0.00000300. The quantitative estimate of drug-likeness (QED) is 0.236. The molecule has 2 aromatic rings. The number of hydrogen-bond donors (Lipinski definition) is 2. The lowest BCUT2D eigenvalue weighted by Crippen LogP contribution is -2.38. The molecule has 3 rings (SSSR count). The van der Waals surface area contributed by atoms with Gasteiger partial charge in [0.1, 0.15) is 5.15 Å². The fraction of sp³-hybridized carbons (Fsp3) is 0.429. The zero-order chi connectivity index (χ0) is 19.6. The Morgan fingerprint density at radius 3 is 2.48 bits per heavy atom. The molecule has 29 heavy (non-hydrogen) atoms. The van der Waals surface area contributed by atoms with Crippen LogP contribution in [0.15, 0.2) is 47.6 Å². The number of benzene rings is 1. The fourth-order valence-corrected chi connectivity index (χ4v) is 4.04. The zero-order valence-electron chi connectivity index (χ0n) is 16.7. The van der Waals surface area contributed by atoms with E-state index in [1.165, 1.54) is 22.8 Å². The SMILES string of the molecule is CCNC(=NCc1ccc(N2CCSCC2)cc1)NCCc1ccc(Cl)nc1.I. The molecule has 1 saturated heterocycles. The van der Waals surface area contributed by atoms with Crippen molar-refractivity contribution in [1.29, 1.82) is 0 Å². The number of halogens is 2. The van der Waals surface area contributed by atoms with Crippen molar-refractivity contribution in [1.82, 2.24) is 15.6 Å². The molecule has 0 saturated carbocycles. The number of pyridine rings is 1. The van der Waals surface area contributed by atoms with Crippen LogP contribution in [-0.2, 0) is 13.0 Å². The second-order valence-electron chi connectivity index (χ2n) is 6.63. The molecular formula is C21H29ClIN5S. The molecule has 1 aromatic carbocycles. The van der Waals surface area contributed by atoms with E-state index in [0.717, 1.165) is 44.1 Å². The minimum atomic E-state index is 0. The van der Waals surface area contributed by atoms with Gasteiger partial charge in [0.15, 0.2) is 5.96 Å². The largest absolute Gasteiger partial charge is 0.370 e. The molecule has 1 aliphatic heterocycles. The number of nitrogens with one attached hydrogen (secondary N) is 2. The van der Waals surface area contributed by atoms with Crippen molar-refractivity contribution >= 4 is 59.0 Å². The molecule has 2 heterocycles. The summed E-state index contributed by atoms with van der Waals surface area (Å²) in [7, 11) is 0. The second-order valence-corrected chi connectivity index (χ2v) is 8.24. The minimum Gasteiger partial charge on any atom is -0.370 e. The van der Waals surface area contributed by atoms with Crippen molar-refractivity contribution in [2.24, 2.45) is 4.99 Å². The molecule has 5 nitrogen and oxygen atoms in total. The van der Waals surface area contributed by atoms with Crippen LogP contribution in [0.25, 0.3) is 0 Å². The molecule has 2 N–H and O–H groups in total. The number of aromatic nitrogens is 1. The highest BCUT2D eigenvalue weighted by Gasteiger charge is 2.10. The summed E-state index contributed by atoms with van der Waals surface area (Å²) in [5.41, 5.74) is 3.68. The van der Waals surface area contributed by atoms with Crippen molar-refractivity contribution in [3.63, 3.8) is 0 Å². The van der Waals surface area contributed by atoms with Crippen LogP contribution < -0.4 is 15.5 Å². The Kier molecular flexibility index (Phi) is 10.9. The smallest absolute Gasteiger partial charge is 0.191 e. The first-order valence-corrected chi connectivity index (χ1v) is 11.3. The summed E-state index contributed by atoms with van der Waals surface area (Å²) < 4.78 is 0. The van der Waals surface area contributed by atoms with Gasteiger partial charge >= 0.3 is 0 Å². The van der Waals surface area contributed by atoms with Gasteiger partial charge in [0, 0.05) is 49.6 Å². The summed E-state index contributed by atoms with van der Waals surface area (Å²) in [5.74, 6) is 3.27. The maximum absolute atomic E-state index is 5.83. The van der Waals surface area contributed by atoms with E-state index < -0.39 is 0 Å². The summed E-state index contributed by atoms with van der Waals surface area (Å²) in [4.78, 5) is 11.3. The summed E-state index contributed by atoms with van der Waals surface area (Å²) in [6.45, 7) is 6.64. The van der Waals surface area contributed by atoms with Crippen molar-refractivity contribution in [2.75, 3.05) is 42.6 Å². The van der Waals surface area contributed by atoms with Gasteiger partial charge in [-0.25, -0.2) is 9.98 Å². The van der Waals surface area contributed by atoms with Gasteiger partial charge in [0.2, 0.25) is 0 Å². The number of rotatable bonds is 7. The van der Waals surface area contributed by atoms with Gasteiger partial charge in [0.05, 0.1) is 6.54 Å². The van der Waals surface area contributed by atoms with Gasteiger partial charge in [0.25, 0.3) is 0 Å². The third kappa shape index (κ3) is 8.22. The molecule has 0 atom stereocenters. The molecule has 0 unspecified atom stereocenters. The van der Waals surface area contributed by atoms with Crippen LogP contribution in [0, 0.1) is 0 Å². The molecule has 0 spiro atoms. The maximum Gasteiger partial charge on any atom is 0.191 e. The number of guanidine groups is 1. The van der Waals surface area contributed by atoms with Gasteiger partial charge in [-0.2, -0.15) is 11.8 Å². The van der Waals surface area contributed by atoms with Crippen LogP contribution in [-0.4, -0.2) is 48.6 Å². The molecule has 0 aliphatic carbocycles. The highest BCUT2D eigenvalue weighted by molar-refractivity contribution is 14.0. The number of anilines is 1. The Bertz CT molecular complexity index is 749. The summed E-state index contributed by atoms with van der Waals surface area (Å²) in [6.07, 6.45) is 2.69. The van der Waals surface area contributed by atoms with Crippen molar-refractivity contribution < 1.29 is 0 Å². The average molecular weight is 546 g/mol. The lowest BCUT2D eigenvalue weighted by Gasteiger charge is -2.28. The summed E-state index contributed by atoms with van der Waals surface area (Å²) >= 11 is 7.87. The topological polar surface area (TPSA) is 52.6 Å². The molecule has 1 aliphatic rings. The van der Waals surface area contributed by atoms with Crippen molar-refractivity contribution in [3.05, 3.63) is 58.9 Å². The molecule has 1 aromatic heterocycles. The van der Waals surface area contributed by atoms with E-state index in [2.05, 4.69) is 51.7 Å². The van der Waals surface area contributed by atoms with Gasteiger partial charge in [-0.3, -0.25) is 0 Å². The van der Waals surface area contributed by atoms with E-state index in [9.17, 15) is 0 Å². The van der Waals surface area contributed by atoms with E-state index in [1.54, 1.807) is 0 Å². The standard InChI is InChI=1S/C21H28ClN5S.HI/c1-2-23-21(24-10-9-18-5-8-20(22)25-15-18)26-16-17-3-6-19(7-4-17)27-11-13-28-14-12-27;/h3-8,15H,2,9-14,16H2,1H3,(H2,23,24,26);1H. The molecule has 158 valence electrons. The van der Waals surface area contributed by atoms with Crippen molar-refractivity contribution in [3.8, 4) is 0 Å². The highest BCUT2D eigenvalue weighted by atomic mass is 127. The molecule has 8 heteroatoms. The monoisotopic (exact) mass is 545 g/mol. The second kappa shape index (κ2) is 13.2. The average Bonchev–Trinajstić information content (AvgIpc) is 2.74. The number of hydrogen-bond acceptors (Lipinski definition) is 4. The van der Waals surface area contributed by atoms with Gasteiger partial charge in [-0.1, -0.05) is 29.8 Å². The Hall–Kier alpha value is -1.19. The summed E-state index contributed by atoms with van der Waals surface area (Å²) in [6, 6.07) is 12.6. The molecular weight excluding hydrogens is 517 g/mol. The van der Waals surface area contributed by atoms with Crippen LogP contribution in [0.2, 0.25) is 5.15 Å². The third-order valence-electron chi connectivity index (χ3n) is 4.57. The number of nitrogens with zero attached hydrogens (tertiary/aromatic N) is 3. The Labute approximate surface area is 200 Å². The van der Waals surface area contributed by atoms with Crippen LogP contribution >= 0.6 is 47.3 Å². The van der Waals surface area contributed by atoms with Crippen molar-refractivity contribution in [2.45, 2.75) is 19.9 Å². The third-order valence-corrected chi connectivity index (χ3v) is 5.74. The fourth-order valence-electron chi connectivity index (χ4n) is 3.03. The highest BCUT2D eigenvalue weighted by Crippen LogP contribution is 2.20. The van der Waals surface area contributed by atoms with E-state index >= 15 is 0 Å². The van der Waals surface area contributed by atoms with Gasteiger partial charge < -0.3 is 15.5 Å². The van der Waals surface area contributed by atoms with Crippen LogP contribution in [0.1, 0.15) is 18.1 Å². The first-order valence-electron chi connectivity index (χ1n) is 9.79. The van der Waals surface area contributed by atoms with Gasteiger partial charge in [-0.05, 0) is 42.7 Å². The maximum atomic E-state index is 5.83. The molecule has 0 amide bonds. The first kappa shape index (κ1) is 24.1. The lowest BCUT2D eigenvalue weighted by atomic mass is 10.2. The molecule has 1 fully saturated rings. The minimum absolute atomic E-state index is 0.